The number of hydrogen-bond donors (Lipinski definition) is 1. The van der Waals surface area contributed by atoms with Crippen LogP contribution in [0.25, 0.3) is 0 Å². The molecular weight excluding hydrogens is 260 g/mol. The van der Waals surface area contributed by atoms with Crippen LogP contribution < -0.4 is 10.2 Å². The minimum absolute atomic E-state index is 0.458. The average molecular weight is 284 g/mol. The van der Waals surface area contributed by atoms with E-state index in [0.29, 0.717) is 6.04 Å². The molecule has 1 unspecified atom stereocenters. The average Bonchev–Trinajstić information content (AvgIpc) is 2.70. The number of aryl methyl sites for hydroxylation is 2. The molecule has 1 aromatic heterocycles. The van der Waals surface area contributed by atoms with Crippen LogP contribution in [0.15, 0.2) is 30.3 Å². The van der Waals surface area contributed by atoms with Crippen molar-refractivity contribution in [2.75, 3.05) is 18.5 Å². The molecule has 4 heteroatoms. The van der Waals surface area contributed by atoms with Gasteiger partial charge in [0.2, 0.25) is 0 Å². The summed E-state index contributed by atoms with van der Waals surface area (Å²) in [6.45, 7) is 4.07. The Morgan fingerprint density at radius 1 is 1.33 bits per heavy atom. The minimum Gasteiger partial charge on any atom is -0.365 e. The van der Waals surface area contributed by atoms with Crippen LogP contribution in [0.2, 0.25) is 0 Å². The molecule has 0 fully saturated rings. The fourth-order valence-electron chi connectivity index (χ4n) is 3.30. The molecule has 112 valence electrons. The zero-order chi connectivity index (χ0) is 14.8. The van der Waals surface area contributed by atoms with Crippen LogP contribution in [0.5, 0.6) is 0 Å². The molecular formula is C17H24N4. The molecule has 2 heterocycles. The summed E-state index contributed by atoms with van der Waals surface area (Å²) in [6, 6.07) is 11.4. The van der Waals surface area contributed by atoms with E-state index >= 15 is 0 Å². The lowest BCUT2D eigenvalue weighted by Crippen LogP contribution is -2.25. The van der Waals surface area contributed by atoms with Gasteiger partial charge in [-0.25, -0.2) is 0 Å². The van der Waals surface area contributed by atoms with Gasteiger partial charge in [0.15, 0.2) is 0 Å². The van der Waals surface area contributed by atoms with Crippen molar-refractivity contribution in [3.05, 3.63) is 47.3 Å². The summed E-state index contributed by atoms with van der Waals surface area (Å²) in [6.07, 6.45) is 2.39. The van der Waals surface area contributed by atoms with Gasteiger partial charge in [-0.05, 0) is 44.5 Å². The summed E-state index contributed by atoms with van der Waals surface area (Å²) in [7, 11) is 4.09. The molecule has 0 saturated heterocycles. The van der Waals surface area contributed by atoms with Crippen molar-refractivity contribution < 1.29 is 0 Å². The van der Waals surface area contributed by atoms with E-state index in [4.69, 9.17) is 0 Å². The van der Waals surface area contributed by atoms with Crippen LogP contribution in [0, 0.1) is 6.92 Å². The highest BCUT2D eigenvalue weighted by molar-refractivity contribution is 5.56. The van der Waals surface area contributed by atoms with E-state index in [-0.39, 0.29) is 0 Å². The van der Waals surface area contributed by atoms with Gasteiger partial charge in [-0.15, -0.1) is 0 Å². The van der Waals surface area contributed by atoms with Crippen molar-refractivity contribution in [1.29, 1.82) is 0 Å². The summed E-state index contributed by atoms with van der Waals surface area (Å²) in [5.41, 5.74) is 5.12. The van der Waals surface area contributed by atoms with E-state index in [1.165, 1.54) is 29.8 Å². The first-order valence-corrected chi connectivity index (χ1v) is 7.69. The van der Waals surface area contributed by atoms with E-state index in [0.717, 1.165) is 18.8 Å². The molecule has 1 N–H and O–H groups in total. The number of fused-ring (bicyclic) bond motifs is 1. The Morgan fingerprint density at radius 3 is 2.86 bits per heavy atom. The van der Waals surface area contributed by atoms with Crippen LogP contribution in [-0.2, 0) is 13.6 Å². The molecule has 1 atom stereocenters. The van der Waals surface area contributed by atoms with Gasteiger partial charge >= 0.3 is 0 Å². The molecule has 3 rings (SSSR count). The van der Waals surface area contributed by atoms with Crippen molar-refractivity contribution in [2.24, 2.45) is 7.05 Å². The van der Waals surface area contributed by atoms with Gasteiger partial charge in [0.25, 0.3) is 0 Å². The predicted molar refractivity (Wildman–Crippen MR) is 86.5 cm³/mol. The zero-order valence-corrected chi connectivity index (χ0v) is 13.1. The maximum absolute atomic E-state index is 4.46. The molecule has 0 aliphatic carbocycles. The lowest BCUT2D eigenvalue weighted by molar-refractivity contribution is 0.540. The van der Waals surface area contributed by atoms with Crippen molar-refractivity contribution in [1.82, 2.24) is 15.1 Å². The Bertz CT molecular complexity index is 617. The van der Waals surface area contributed by atoms with Crippen LogP contribution >= 0.6 is 0 Å². The molecule has 1 aliphatic rings. The predicted octanol–water partition coefficient (Wildman–Crippen LogP) is 2.79. The van der Waals surface area contributed by atoms with E-state index in [2.05, 4.69) is 59.6 Å². The second kappa shape index (κ2) is 5.90. The number of anilines is 1. The van der Waals surface area contributed by atoms with Gasteiger partial charge in [-0.2, -0.15) is 5.10 Å². The first kappa shape index (κ1) is 14.1. The molecule has 1 aromatic carbocycles. The van der Waals surface area contributed by atoms with Crippen molar-refractivity contribution in [3.8, 4) is 0 Å². The standard InChI is InChI=1S/C17H24N4/c1-13-11-14(20(3)19-13)12-21-10-6-8-16(18-2)15-7-4-5-9-17(15)21/h4-5,7,9,11,16,18H,6,8,10,12H2,1-3H3. The number of rotatable bonds is 3. The molecule has 0 spiro atoms. The maximum atomic E-state index is 4.46. The minimum atomic E-state index is 0.458. The monoisotopic (exact) mass is 284 g/mol. The normalized spacial score (nSPS) is 18.4. The number of para-hydroxylation sites is 1. The molecule has 2 aromatic rings. The van der Waals surface area contributed by atoms with E-state index < -0.39 is 0 Å². The van der Waals surface area contributed by atoms with Gasteiger partial charge in [0.05, 0.1) is 17.9 Å². The number of nitrogens with one attached hydrogen (secondary N) is 1. The Labute approximate surface area is 126 Å². The number of benzene rings is 1. The van der Waals surface area contributed by atoms with Gasteiger partial charge in [-0.1, -0.05) is 18.2 Å². The smallest absolute Gasteiger partial charge is 0.0599 e. The second-order valence-corrected chi connectivity index (χ2v) is 5.86. The van der Waals surface area contributed by atoms with Crippen molar-refractivity contribution in [2.45, 2.75) is 32.4 Å². The highest BCUT2D eigenvalue weighted by Gasteiger charge is 2.22. The number of hydrogen-bond acceptors (Lipinski definition) is 3. The Balaban J connectivity index is 1.93. The van der Waals surface area contributed by atoms with Crippen LogP contribution in [0.3, 0.4) is 0 Å². The van der Waals surface area contributed by atoms with Gasteiger partial charge < -0.3 is 10.2 Å². The third kappa shape index (κ3) is 2.81. The quantitative estimate of drug-likeness (QED) is 0.941. The highest BCUT2D eigenvalue weighted by atomic mass is 15.3. The summed E-state index contributed by atoms with van der Waals surface area (Å²) < 4.78 is 2.00. The van der Waals surface area contributed by atoms with E-state index in [1.54, 1.807) is 0 Å². The number of nitrogens with zero attached hydrogens (tertiary/aromatic N) is 3. The van der Waals surface area contributed by atoms with Crippen LogP contribution in [0.1, 0.15) is 35.8 Å². The molecule has 0 saturated carbocycles. The van der Waals surface area contributed by atoms with Gasteiger partial charge in [-0.3, -0.25) is 4.68 Å². The maximum Gasteiger partial charge on any atom is 0.0599 e. The fraction of sp³-hybridized carbons (Fsp3) is 0.471. The Kier molecular flexibility index (Phi) is 3.97. The topological polar surface area (TPSA) is 33.1 Å². The highest BCUT2D eigenvalue weighted by Crippen LogP contribution is 2.33. The Morgan fingerprint density at radius 2 is 2.14 bits per heavy atom. The summed E-state index contributed by atoms with van der Waals surface area (Å²) >= 11 is 0. The molecule has 1 aliphatic heterocycles. The second-order valence-electron chi connectivity index (χ2n) is 5.86. The Hall–Kier alpha value is -1.81. The summed E-state index contributed by atoms with van der Waals surface area (Å²) in [5, 5.41) is 7.92. The molecule has 21 heavy (non-hydrogen) atoms. The van der Waals surface area contributed by atoms with E-state index in [9.17, 15) is 0 Å². The van der Waals surface area contributed by atoms with Gasteiger partial charge in [0, 0.05) is 25.3 Å². The first-order chi connectivity index (χ1) is 10.2. The zero-order valence-electron chi connectivity index (χ0n) is 13.1. The van der Waals surface area contributed by atoms with Crippen molar-refractivity contribution in [3.63, 3.8) is 0 Å². The fourth-order valence-corrected chi connectivity index (χ4v) is 3.30. The lowest BCUT2D eigenvalue weighted by Gasteiger charge is -2.25. The SMILES string of the molecule is CNC1CCCN(Cc2cc(C)nn2C)c2ccccc21. The molecule has 0 bridgehead atoms. The van der Waals surface area contributed by atoms with Gasteiger partial charge in [0.1, 0.15) is 0 Å². The third-order valence-electron chi connectivity index (χ3n) is 4.37. The largest absolute Gasteiger partial charge is 0.365 e. The van der Waals surface area contributed by atoms with Crippen LogP contribution in [-0.4, -0.2) is 23.4 Å². The van der Waals surface area contributed by atoms with Crippen molar-refractivity contribution >= 4 is 5.69 Å². The molecule has 0 radical (unpaired) electrons. The van der Waals surface area contributed by atoms with E-state index in [1.807, 2.05) is 11.7 Å². The summed E-state index contributed by atoms with van der Waals surface area (Å²) in [4.78, 5) is 2.49. The molecule has 4 nitrogen and oxygen atoms in total. The first-order valence-electron chi connectivity index (χ1n) is 7.69. The molecule has 0 amide bonds. The third-order valence-corrected chi connectivity index (χ3v) is 4.37. The van der Waals surface area contributed by atoms with Crippen LogP contribution in [0.4, 0.5) is 5.69 Å². The number of aromatic nitrogens is 2. The summed E-state index contributed by atoms with van der Waals surface area (Å²) in [5.74, 6) is 0. The lowest BCUT2D eigenvalue weighted by atomic mass is 10.0.